The van der Waals surface area contributed by atoms with Crippen LogP contribution >= 0.6 is 23.2 Å². The monoisotopic (exact) mass is 581 g/mol. The Morgan fingerprint density at radius 3 is 1.97 bits per heavy atom. The maximum absolute atomic E-state index is 13.3. The number of carbonyl (C=O) groups is 4. The number of aromatic nitrogens is 2. The molecule has 2 aromatic rings. The summed E-state index contributed by atoms with van der Waals surface area (Å²) in [4.78, 5) is 52.8. The molecule has 0 aliphatic carbocycles. The molecule has 11 nitrogen and oxygen atoms in total. The van der Waals surface area contributed by atoms with E-state index in [1.165, 1.54) is 18.3 Å². The highest BCUT2D eigenvalue weighted by Crippen LogP contribution is 2.26. The first kappa shape index (κ1) is 30.2. The first-order valence-corrected chi connectivity index (χ1v) is 13.2. The zero-order valence-electron chi connectivity index (χ0n) is 22.8. The maximum Gasteiger partial charge on any atom is 0.435 e. The minimum atomic E-state index is -0.835. The van der Waals surface area contributed by atoms with E-state index in [1.807, 2.05) is 0 Å². The van der Waals surface area contributed by atoms with Crippen LogP contribution in [0.2, 0.25) is 10.0 Å². The molecule has 0 unspecified atom stereocenters. The molecule has 212 valence electrons. The van der Waals surface area contributed by atoms with E-state index in [0.717, 1.165) is 4.68 Å². The lowest BCUT2D eigenvalue weighted by Crippen LogP contribution is -2.48. The third-order valence-electron chi connectivity index (χ3n) is 5.43. The molecule has 39 heavy (non-hydrogen) atoms. The van der Waals surface area contributed by atoms with Gasteiger partial charge in [-0.3, -0.25) is 9.59 Å². The summed E-state index contributed by atoms with van der Waals surface area (Å²) in [5.41, 5.74) is -1.66. The van der Waals surface area contributed by atoms with Gasteiger partial charge in [0.15, 0.2) is 5.69 Å². The molecule has 2 N–H and O–H groups in total. The molecule has 0 bridgehead atoms. The van der Waals surface area contributed by atoms with E-state index in [-0.39, 0.29) is 33.0 Å². The summed E-state index contributed by atoms with van der Waals surface area (Å²) in [6, 6.07) is 4.33. The molecule has 3 rings (SSSR count). The Morgan fingerprint density at radius 2 is 1.44 bits per heavy atom. The molecular weight excluding hydrogens is 549 g/mol. The minimum absolute atomic E-state index is 0.00623. The molecule has 0 saturated carbocycles. The van der Waals surface area contributed by atoms with Gasteiger partial charge in [-0.1, -0.05) is 29.3 Å². The van der Waals surface area contributed by atoms with Gasteiger partial charge in [0, 0.05) is 19.1 Å². The third-order valence-corrected chi connectivity index (χ3v) is 6.06. The van der Waals surface area contributed by atoms with Gasteiger partial charge in [-0.15, -0.1) is 0 Å². The smallest absolute Gasteiger partial charge is 0.435 e. The lowest BCUT2D eigenvalue weighted by atomic mass is 10.1. The first-order valence-electron chi connectivity index (χ1n) is 12.4. The van der Waals surface area contributed by atoms with Crippen LogP contribution in [0.15, 0.2) is 24.4 Å². The van der Waals surface area contributed by atoms with Crippen molar-refractivity contribution in [1.29, 1.82) is 0 Å². The van der Waals surface area contributed by atoms with Gasteiger partial charge < -0.3 is 25.0 Å². The maximum atomic E-state index is 13.3. The van der Waals surface area contributed by atoms with Crippen molar-refractivity contribution in [2.45, 2.75) is 71.6 Å². The number of benzene rings is 1. The Labute approximate surface area is 237 Å². The fourth-order valence-corrected chi connectivity index (χ4v) is 4.29. The molecule has 0 spiro atoms. The van der Waals surface area contributed by atoms with Gasteiger partial charge in [0.2, 0.25) is 0 Å². The molecule has 2 heterocycles. The van der Waals surface area contributed by atoms with E-state index in [2.05, 4.69) is 15.7 Å². The Balaban J connectivity index is 1.78. The molecule has 1 saturated heterocycles. The van der Waals surface area contributed by atoms with Crippen LogP contribution in [0.3, 0.4) is 0 Å². The zero-order valence-corrected chi connectivity index (χ0v) is 24.3. The fraction of sp³-hybridized carbons (Fsp3) is 0.500. The van der Waals surface area contributed by atoms with Crippen molar-refractivity contribution in [3.05, 3.63) is 45.7 Å². The largest absolute Gasteiger partial charge is 0.444 e. The number of rotatable bonds is 4. The van der Waals surface area contributed by atoms with E-state index in [4.69, 9.17) is 32.7 Å². The van der Waals surface area contributed by atoms with Gasteiger partial charge in [-0.25, -0.2) is 9.59 Å². The molecule has 0 radical (unpaired) electrons. The van der Waals surface area contributed by atoms with Crippen molar-refractivity contribution in [2.75, 3.05) is 18.4 Å². The topological polar surface area (TPSA) is 132 Å². The van der Waals surface area contributed by atoms with Crippen molar-refractivity contribution >= 4 is 52.9 Å². The van der Waals surface area contributed by atoms with Crippen molar-refractivity contribution in [1.82, 2.24) is 20.0 Å². The number of ether oxygens (including phenoxy) is 2. The van der Waals surface area contributed by atoms with Crippen molar-refractivity contribution in [3.8, 4) is 0 Å². The number of anilines is 1. The molecular formula is C26H33Cl2N5O6. The van der Waals surface area contributed by atoms with Gasteiger partial charge in [-0.2, -0.15) is 9.78 Å². The summed E-state index contributed by atoms with van der Waals surface area (Å²) < 4.78 is 11.6. The first-order chi connectivity index (χ1) is 18.0. The number of nitrogens with one attached hydrogen (secondary N) is 2. The van der Waals surface area contributed by atoms with Crippen molar-refractivity contribution in [2.24, 2.45) is 0 Å². The Morgan fingerprint density at radius 1 is 0.897 bits per heavy atom. The van der Waals surface area contributed by atoms with Gasteiger partial charge in [0.25, 0.3) is 11.8 Å². The van der Waals surface area contributed by atoms with Crippen LogP contribution in [0.1, 0.15) is 75.2 Å². The average Bonchev–Trinajstić information content (AvgIpc) is 3.21. The summed E-state index contributed by atoms with van der Waals surface area (Å²) >= 11 is 12.3. The van der Waals surface area contributed by atoms with Crippen LogP contribution in [-0.2, 0) is 9.47 Å². The number of likely N-dealkylation sites (tertiary alicyclic amines) is 1. The molecule has 13 heteroatoms. The van der Waals surface area contributed by atoms with Crippen LogP contribution in [0.4, 0.5) is 15.3 Å². The summed E-state index contributed by atoms with van der Waals surface area (Å²) in [6.07, 6.45) is 0.908. The van der Waals surface area contributed by atoms with Crippen LogP contribution in [-0.4, -0.2) is 69.0 Å². The van der Waals surface area contributed by atoms with Crippen LogP contribution in [0.25, 0.3) is 0 Å². The second-order valence-electron chi connectivity index (χ2n) is 11.1. The second kappa shape index (κ2) is 11.8. The molecule has 0 atom stereocenters. The summed E-state index contributed by atoms with van der Waals surface area (Å²) in [7, 11) is 0. The molecule has 1 aliphatic heterocycles. The zero-order chi connectivity index (χ0) is 29.1. The average molecular weight is 582 g/mol. The molecule has 1 aliphatic rings. The highest BCUT2D eigenvalue weighted by atomic mass is 35.5. The molecule has 3 amide bonds. The Kier molecular flexibility index (Phi) is 9.17. The van der Waals surface area contributed by atoms with Crippen molar-refractivity contribution < 1.29 is 28.7 Å². The van der Waals surface area contributed by atoms with E-state index < -0.39 is 35.2 Å². The number of nitrogens with zero attached hydrogens (tertiary/aromatic N) is 3. The molecule has 1 aromatic carbocycles. The summed E-state index contributed by atoms with van der Waals surface area (Å²) in [5.74, 6) is -1.30. The summed E-state index contributed by atoms with van der Waals surface area (Å²) in [6.45, 7) is 11.2. The molecule has 1 aromatic heterocycles. The minimum Gasteiger partial charge on any atom is -0.444 e. The van der Waals surface area contributed by atoms with Gasteiger partial charge in [-0.05, 0) is 66.5 Å². The highest BCUT2D eigenvalue weighted by Gasteiger charge is 2.30. The van der Waals surface area contributed by atoms with Crippen LogP contribution < -0.4 is 10.6 Å². The standard InChI is InChI=1S/C26H33Cl2N5O6/c1-25(2,3)38-23(36)32-12-10-15(11-13-32)29-22(35)20-18(14-33(31-20)24(37)39-26(4,5)6)30-21(34)19-16(27)8-7-9-17(19)28/h7-9,14-15H,10-13H2,1-6H3,(H,29,35)(H,30,34). The molecule has 1 fully saturated rings. The number of carbonyl (C=O) groups excluding carboxylic acids is 4. The lowest BCUT2D eigenvalue weighted by Gasteiger charge is -2.33. The number of hydrogen-bond donors (Lipinski definition) is 2. The highest BCUT2D eigenvalue weighted by molar-refractivity contribution is 6.40. The Bertz CT molecular complexity index is 1240. The van der Waals surface area contributed by atoms with E-state index >= 15 is 0 Å². The lowest BCUT2D eigenvalue weighted by molar-refractivity contribution is 0.0199. The van der Waals surface area contributed by atoms with Crippen LogP contribution in [0, 0.1) is 0 Å². The number of amides is 3. The number of piperidine rings is 1. The van der Waals surface area contributed by atoms with E-state index in [0.29, 0.717) is 25.9 Å². The van der Waals surface area contributed by atoms with Crippen molar-refractivity contribution in [3.63, 3.8) is 0 Å². The quantitative estimate of drug-likeness (QED) is 0.497. The van der Waals surface area contributed by atoms with Gasteiger partial charge in [0.1, 0.15) is 11.2 Å². The van der Waals surface area contributed by atoms with Crippen LogP contribution in [0.5, 0.6) is 0 Å². The number of halogens is 2. The van der Waals surface area contributed by atoms with E-state index in [9.17, 15) is 19.2 Å². The van der Waals surface area contributed by atoms with E-state index in [1.54, 1.807) is 52.5 Å². The predicted molar refractivity (Wildman–Crippen MR) is 147 cm³/mol. The van der Waals surface area contributed by atoms with Gasteiger partial charge in [0.05, 0.1) is 27.5 Å². The number of hydrogen-bond acceptors (Lipinski definition) is 7. The third kappa shape index (κ3) is 8.34. The SMILES string of the molecule is CC(C)(C)OC(=O)N1CCC(NC(=O)c2nn(C(=O)OC(C)(C)C)cc2NC(=O)c2c(Cl)cccc2Cl)CC1. The predicted octanol–water partition coefficient (Wildman–Crippen LogP) is 5.35. The second-order valence-corrected chi connectivity index (χ2v) is 11.9. The normalized spacial score (nSPS) is 14.5. The van der Waals surface area contributed by atoms with Gasteiger partial charge >= 0.3 is 12.2 Å². The Hall–Kier alpha value is -3.31. The fourth-order valence-electron chi connectivity index (χ4n) is 3.72. The summed E-state index contributed by atoms with van der Waals surface area (Å²) in [5, 5.41) is 9.78.